The quantitative estimate of drug-likeness (QED) is 0.667. The number of carboxylic acid groups (broad SMARTS) is 1. The molecule has 1 unspecified atom stereocenters. The Kier molecular flexibility index (Phi) is 4.15. The van der Waals surface area contributed by atoms with Crippen molar-refractivity contribution in [3.05, 3.63) is 0 Å². The van der Waals surface area contributed by atoms with Crippen LogP contribution in [0.25, 0.3) is 0 Å². The summed E-state index contributed by atoms with van der Waals surface area (Å²) in [4.78, 5) is 22.0. The lowest BCUT2D eigenvalue weighted by atomic mass is 9.75. The Labute approximate surface area is 95.6 Å². The van der Waals surface area contributed by atoms with E-state index in [1.807, 2.05) is 0 Å². The topological polar surface area (TPSA) is 78.4 Å². The molecule has 3 N–H and O–H groups in total. The van der Waals surface area contributed by atoms with E-state index in [9.17, 15) is 9.59 Å². The van der Waals surface area contributed by atoms with E-state index in [1.165, 1.54) is 0 Å². The Morgan fingerprint density at radius 1 is 1.44 bits per heavy atom. The Morgan fingerprint density at radius 2 is 2.06 bits per heavy atom. The standard InChI is InChI=1S/C11H20N2O3/c1-3-11(5-4-6-11)13-10(16)12-8(2)7-9(14)15/h8H,3-7H2,1-2H3,(H,14,15)(H2,12,13,16). The molecule has 92 valence electrons. The number of hydrogen-bond acceptors (Lipinski definition) is 2. The van der Waals surface area contributed by atoms with E-state index in [1.54, 1.807) is 6.92 Å². The van der Waals surface area contributed by atoms with E-state index in [0.29, 0.717) is 0 Å². The molecule has 0 aromatic carbocycles. The number of hydrogen-bond donors (Lipinski definition) is 3. The van der Waals surface area contributed by atoms with Crippen molar-refractivity contribution >= 4 is 12.0 Å². The average molecular weight is 228 g/mol. The number of nitrogens with one attached hydrogen (secondary N) is 2. The van der Waals surface area contributed by atoms with Crippen LogP contribution < -0.4 is 10.6 Å². The lowest BCUT2D eigenvalue weighted by molar-refractivity contribution is -0.137. The second-order valence-electron chi connectivity index (χ2n) is 4.58. The maximum Gasteiger partial charge on any atom is 0.315 e. The fourth-order valence-electron chi connectivity index (χ4n) is 1.98. The third-order valence-electron chi connectivity index (χ3n) is 3.22. The number of urea groups is 1. The van der Waals surface area contributed by atoms with Crippen molar-refractivity contribution in [2.45, 2.75) is 57.5 Å². The molecule has 0 aromatic rings. The number of amides is 2. The minimum atomic E-state index is -0.901. The van der Waals surface area contributed by atoms with Crippen LogP contribution in [0.4, 0.5) is 4.79 Å². The Hall–Kier alpha value is -1.26. The number of aliphatic carboxylic acids is 1. The highest BCUT2D eigenvalue weighted by Gasteiger charge is 2.36. The van der Waals surface area contributed by atoms with E-state index < -0.39 is 5.97 Å². The van der Waals surface area contributed by atoms with Crippen molar-refractivity contribution in [2.75, 3.05) is 0 Å². The molecule has 2 amide bonds. The highest BCUT2D eigenvalue weighted by molar-refractivity contribution is 5.76. The van der Waals surface area contributed by atoms with Gasteiger partial charge in [0.15, 0.2) is 0 Å². The van der Waals surface area contributed by atoms with Gasteiger partial charge in [-0.1, -0.05) is 6.92 Å². The number of carbonyl (C=O) groups excluding carboxylic acids is 1. The summed E-state index contributed by atoms with van der Waals surface area (Å²) in [7, 11) is 0. The zero-order valence-corrected chi connectivity index (χ0v) is 9.88. The molecule has 0 bridgehead atoms. The normalized spacial score (nSPS) is 19.4. The lowest BCUT2D eigenvalue weighted by Crippen LogP contribution is -2.57. The summed E-state index contributed by atoms with van der Waals surface area (Å²) in [6, 6.07) is -0.596. The van der Waals surface area contributed by atoms with Gasteiger partial charge in [-0.2, -0.15) is 0 Å². The molecular weight excluding hydrogens is 208 g/mol. The van der Waals surface area contributed by atoms with Crippen LogP contribution >= 0.6 is 0 Å². The van der Waals surface area contributed by atoms with Crippen molar-refractivity contribution in [3.8, 4) is 0 Å². The van der Waals surface area contributed by atoms with E-state index in [2.05, 4.69) is 17.6 Å². The minimum Gasteiger partial charge on any atom is -0.481 e. The van der Waals surface area contributed by atoms with E-state index in [0.717, 1.165) is 25.7 Å². The molecule has 5 nitrogen and oxygen atoms in total. The predicted octanol–water partition coefficient (Wildman–Crippen LogP) is 1.48. The van der Waals surface area contributed by atoms with E-state index in [-0.39, 0.29) is 24.0 Å². The van der Waals surface area contributed by atoms with Crippen LogP contribution in [-0.2, 0) is 4.79 Å². The Bertz CT molecular complexity index is 269. The van der Waals surface area contributed by atoms with Crippen molar-refractivity contribution in [3.63, 3.8) is 0 Å². The fourth-order valence-corrected chi connectivity index (χ4v) is 1.98. The number of carboxylic acids is 1. The zero-order chi connectivity index (χ0) is 12.2. The molecule has 0 radical (unpaired) electrons. The molecule has 1 aliphatic carbocycles. The van der Waals surface area contributed by atoms with Crippen molar-refractivity contribution < 1.29 is 14.7 Å². The van der Waals surface area contributed by atoms with Crippen molar-refractivity contribution in [1.29, 1.82) is 0 Å². The summed E-state index contributed by atoms with van der Waals surface area (Å²) >= 11 is 0. The molecule has 0 saturated heterocycles. The first-order chi connectivity index (χ1) is 7.47. The first-order valence-corrected chi connectivity index (χ1v) is 5.78. The highest BCUT2D eigenvalue weighted by Crippen LogP contribution is 2.34. The Morgan fingerprint density at radius 3 is 2.44 bits per heavy atom. The molecule has 1 fully saturated rings. The summed E-state index contributed by atoms with van der Waals surface area (Å²) in [6.45, 7) is 3.74. The van der Waals surface area contributed by atoms with Crippen LogP contribution in [-0.4, -0.2) is 28.7 Å². The molecule has 1 aliphatic rings. The molecule has 1 saturated carbocycles. The van der Waals surface area contributed by atoms with Gasteiger partial charge >= 0.3 is 12.0 Å². The lowest BCUT2D eigenvalue weighted by Gasteiger charge is -2.42. The van der Waals surface area contributed by atoms with Gasteiger partial charge in [0.1, 0.15) is 0 Å². The molecule has 0 aliphatic heterocycles. The van der Waals surface area contributed by atoms with Gasteiger partial charge < -0.3 is 15.7 Å². The van der Waals surface area contributed by atoms with Gasteiger partial charge in [0.2, 0.25) is 0 Å². The molecule has 0 spiro atoms. The largest absolute Gasteiger partial charge is 0.481 e. The molecule has 1 atom stereocenters. The maximum atomic E-state index is 11.6. The van der Waals surface area contributed by atoms with Gasteiger partial charge in [0, 0.05) is 11.6 Å². The second-order valence-corrected chi connectivity index (χ2v) is 4.58. The summed E-state index contributed by atoms with van der Waals surface area (Å²) in [6.07, 6.45) is 4.06. The van der Waals surface area contributed by atoms with Gasteiger partial charge in [-0.05, 0) is 32.6 Å². The molecule has 1 rings (SSSR count). The predicted molar refractivity (Wildman–Crippen MR) is 60.3 cm³/mol. The first kappa shape index (κ1) is 12.8. The van der Waals surface area contributed by atoms with Gasteiger partial charge in [0.05, 0.1) is 6.42 Å². The third-order valence-corrected chi connectivity index (χ3v) is 3.22. The van der Waals surface area contributed by atoms with E-state index in [4.69, 9.17) is 5.11 Å². The molecule has 0 heterocycles. The first-order valence-electron chi connectivity index (χ1n) is 5.78. The van der Waals surface area contributed by atoms with Crippen LogP contribution in [0, 0.1) is 0 Å². The average Bonchev–Trinajstić information content (AvgIpc) is 2.09. The molecule has 5 heteroatoms. The van der Waals surface area contributed by atoms with Crippen LogP contribution in [0.15, 0.2) is 0 Å². The molecule has 0 aromatic heterocycles. The van der Waals surface area contributed by atoms with Crippen LogP contribution in [0.1, 0.15) is 46.0 Å². The summed E-state index contributed by atoms with van der Waals surface area (Å²) in [5, 5.41) is 14.1. The van der Waals surface area contributed by atoms with E-state index >= 15 is 0 Å². The zero-order valence-electron chi connectivity index (χ0n) is 9.88. The van der Waals surface area contributed by atoms with Crippen LogP contribution in [0.5, 0.6) is 0 Å². The van der Waals surface area contributed by atoms with Crippen LogP contribution in [0.2, 0.25) is 0 Å². The maximum absolute atomic E-state index is 11.6. The fraction of sp³-hybridized carbons (Fsp3) is 0.818. The SMILES string of the molecule is CCC1(NC(=O)NC(C)CC(=O)O)CCC1. The van der Waals surface area contributed by atoms with Gasteiger partial charge in [-0.3, -0.25) is 4.79 Å². The number of carbonyl (C=O) groups is 2. The van der Waals surface area contributed by atoms with Gasteiger partial charge in [0.25, 0.3) is 0 Å². The van der Waals surface area contributed by atoms with Gasteiger partial charge in [-0.15, -0.1) is 0 Å². The number of rotatable bonds is 5. The monoisotopic (exact) mass is 228 g/mol. The minimum absolute atomic E-state index is 0.0486. The molecular formula is C11H20N2O3. The van der Waals surface area contributed by atoms with Gasteiger partial charge in [-0.25, -0.2) is 4.79 Å². The smallest absolute Gasteiger partial charge is 0.315 e. The summed E-state index contributed by atoms with van der Waals surface area (Å²) in [5.41, 5.74) is -0.0486. The van der Waals surface area contributed by atoms with Crippen molar-refractivity contribution in [1.82, 2.24) is 10.6 Å². The second kappa shape index (κ2) is 5.18. The van der Waals surface area contributed by atoms with Crippen molar-refractivity contribution in [2.24, 2.45) is 0 Å². The highest BCUT2D eigenvalue weighted by atomic mass is 16.4. The summed E-state index contributed by atoms with van der Waals surface area (Å²) < 4.78 is 0. The van der Waals surface area contributed by atoms with Crippen LogP contribution in [0.3, 0.4) is 0 Å². The Balaban J connectivity index is 2.32. The third kappa shape index (κ3) is 3.40. The summed E-state index contributed by atoms with van der Waals surface area (Å²) in [5.74, 6) is -0.901. The molecule has 16 heavy (non-hydrogen) atoms.